The number of rotatable bonds is 7. The minimum atomic E-state index is -1.80. The van der Waals surface area contributed by atoms with Gasteiger partial charge in [0, 0.05) is 40.9 Å². The van der Waals surface area contributed by atoms with Crippen molar-refractivity contribution in [1.29, 1.82) is 0 Å². The molecule has 11 heteroatoms. The maximum atomic E-state index is 14.8. The van der Waals surface area contributed by atoms with Gasteiger partial charge in [-0.3, -0.25) is 4.68 Å². The zero-order valence-electron chi connectivity index (χ0n) is 18.7. The lowest BCUT2D eigenvalue weighted by Crippen LogP contribution is -2.40. The molecule has 0 saturated carbocycles. The van der Waals surface area contributed by atoms with Gasteiger partial charge < -0.3 is 14.9 Å². The summed E-state index contributed by atoms with van der Waals surface area (Å²) < 4.78 is 31.4. The van der Waals surface area contributed by atoms with Crippen molar-refractivity contribution in [2.75, 3.05) is 16.5 Å². The van der Waals surface area contributed by atoms with Crippen LogP contribution >= 0.6 is 11.6 Å². The number of aromatic nitrogens is 5. The minimum Gasteiger partial charge on any atom is -0.381 e. The normalized spacial score (nSPS) is 16.0. The van der Waals surface area contributed by atoms with E-state index in [9.17, 15) is 13.9 Å². The first-order chi connectivity index (χ1) is 16.8. The molecule has 8 nitrogen and oxygen atoms in total. The molecule has 0 bridgehead atoms. The molecule has 0 fully saturated rings. The maximum Gasteiger partial charge on any atom is 0.137 e. The topological polar surface area (TPSA) is 75.2 Å². The van der Waals surface area contributed by atoms with Gasteiger partial charge in [0.05, 0.1) is 31.1 Å². The number of hydrogen-bond donors (Lipinski definition) is 1. The summed E-state index contributed by atoms with van der Waals surface area (Å²) >= 11 is 5.99. The number of aliphatic hydroxyl groups is 1. The van der Waals surface area contributed by atoms with Crippen LogP contribution in [0.4, 0.5) is 20.2 Å². The molecule has 2 aromatic heterocycles. The number of anilines is 2. The molecule has 3 heterocycles. The van der Waals surface area contributed by atoms with E-state index in [1.807, 2.05) is 46.5 Å². The summed E-state index contributed by atoms with van der Waals surface area (Å²) in [6.45, 7) is 2.16. The quantitative estimate of drug-likeness (QED) is 0.410. The molecule has 2 aromatic carbocycles. The highest BCUT2D eigenvalue weighted by molar-refractivity contribution is 6.30. The van der Waals surface area contributed by atoms with Crippen LogP contribution in [0.25, 0.3) is 0 Å². The van der Waals surface area contributed by atoms with Gasteiger partial charge in [-0.2, -0.15) is 10.2 Å². The Morgan fingerprint density at radius 2 is 1.80 bits per heavy atom. The monoisotopic (exact) mass is 497 g/mol. The predicted molar refractivity (Wildman–Crippen MR) is 128 cm³/mol. The van der Waals surface area contributed by atoms with E-state index >= 15 is 0 Å². The first-order valence-corrected chi connectivity index (χ1v) is 11.2. The van der Waals surface area contributed by atoms with Crippen molar-refractivity contribution in [3.8, 4) is 0 Å². The second-order valence-electron chi connectivity index (χ2n) is 8.35. The van der Waals surface area contributed by atoms with Crippen LogP contribution in [-0.4, -0.2) is 36.3 Å². The molecule has 1 N–H and O–H groups in total. The SMILES string of the molecule is C[C@@H](n1cc(N2C=CN(c3ccc(Cl)cc3)C2)cn1)[C@](O)(Cn1cncn1)c1ccc(F)cc1F. The average Bonchev–Trinajstić information content (AvgIpc) is 3.60. The predicted octanol–water partition coefficient (Wildman–Crippen LogP) is 4.31. The molecular weight excluding hydrogens is 476 g/mol. The summed E-state index contributed by atoms with van der Waals surface area (Å²) in [5.41, 5.74) is -0.0885. The van der Waals surface area contributed by atoms with Crippen LogP contribution in [0, 0.1) is 11.6 Å². The van der Waals surface area contributed by atoms with Gasteiger partial charge in [-0.25, -0.2) is 18.4 Å². The highest BCUT2D eigenvalue weighted by Gasteiger charge is 2.41. The second-order valence-corrected chi connectivity index (χ2v) is 8.79. The molecule has 0 amide bonds. The van der Waals surface area contributed by atoms with Crippen LogP contribution < -0.4 is 9.80 Å². The van der Waals surface area contributed by atoms with Crippen molar-refractivity contribution in [2.45, 2.75) is 25.1 Å². The van der Waals surface area contributed by atoms with Crippen LogP contribution in [0.2, 0.25) is 5.02 Å². The second kappa shape index (κ2) is 9.12. The number of hydrogen-bond acceptors (Lipinski definition) is 6. The largest absolute Gasteiger partial charge is 0.381 e. The van der Waals surface area contributed by atoms with E-state index in [-0.39, 0.29) is 12.1 Å². The van der Waals surface area contributed by atoms with E-state index in [2.05, 4.69) is 15.2 Å². The van der Waals surface area contributed by atoms with Gasteiger partial charge in [0.15, 0.2) is 0 Å². The fourth-order valence-electron chi connectivity index (χ4n) is 4.14. The highest BCUT2D eigenvalue weighted by atomic mass is 35.5. The average molecular weight is 498 g/mol. The highest BCUT2D eigenvalue weighted by Crippen LogP contribution is 2.37. The van der Waals surface area contributed by atoms with Gasteiger partial charge in [0.25, 0.3) is 0 Å². The molecule has 1 aliphatic heterocycles. The van der Waals surface area contributed by atoms with Gasteiger partial charge in [0.1, 0.15) is 29.9 Å². The molecule has 180 valence electrons. The summed E-state index contributed by atoms with van der Waals surface area (Å²) in [7, 11) is 0. The van der Waals surface area contributed by atoms with Crippen LogP contribution in [0.5, 0.6) is 0 Å². The Kier molecular flexibility index (Phi) is 6.00. The van der Waals surface area contributed by atoms with Crippen molar-refractivity contribution in [3.63, 3.8) is 0 Å². The number of halogens is 3. The summed E-state index contributed by atoms with van der Waals surface area (Å²) in [5.74, 6) is -1.58. The molecule has 0 aliphatic carbocycles. The first kappa shape index (κ1) is 23.0. The molecular formula is C24H22ClF2N7O. The molecule has 0 radical (unpaired) electrons. The summed E-state index contributed by atoms with van der Waals surface area (Å²) in [5, 5.41) is 20.9. The summed E-state index contributed by atoms with van der Waals surface area (Å²) in [6.07, 6.45) is 10.1. The van der Waals surface area contributed by atoms with Gasteiger partial charge in [-0.15, -0.1) is 0 Å². The molecule has 35 heavy (non-hydrogen) atoms. The van der Waals surface area contributed by atoms with E-state index in [4.69, 9.17) is 11.6 Å². The molecule has 0 spiro atoms. The Bertz CT molecular complexity index is 1340. The third-order valence-electron chi connectivity index (χ3n) is 6.16. The fourth-order valence-corrected chi connectivity index (χ4v) is 4.26. The Morgan fingerprint density at radius 3 is 2.49 bits per heavy atom. The Labute approximate surface area is 205 Å². The zero-order valence-corrected chi connectivity index (χ0v) is 19.5. The summed E-state index contributed by atoms with van der Waals surface area (Å²) in [6, 6.07) is 9.91. The lowest BCUT2D eigenvalue weighted by Gasteiger charge is -2.34. The number of benzene rings is 2. The van der Waals surface area contributed by atoms with E-state index < -0.39 is 23.3 Å². The van der Waals surface area contributed by atoms with Gasteiger partial charge in [-0.05, 0) is 37.3 Å². The molecule has 1 aliphatic rings. The lowest BCUT2D eigenvalue weighted by atomic mass is 9.86. The van der Waals surface area contributed by atoms with Crippen LogP contribution in [0.3, 0.4) is 0 Å². The Hall–Kier alpha value is -3.76. The molecule has 4 aromatic rings. The van der Waals surface area contributed by atoms with Crippen molar-refractivity contribution in [3.05, 3.63) is 102 Å². The molecule has 5 rings (SSSR count). The lowest BCUT2D eigenvalue weighted by molar-refractivity contribution is -0.0368. The van der Waals surface area contributed by atoms with Gasteiger partial charge >= 0.3 is 0 Å². The standard InChI is InChI=1S/C24H22ClF2N7O/c1-17(24(35,13-33-15-28-14-30-33)22-7-4-19(26)10-23(22)27)34-12-21(11-29-34)32-9-8-31(16-32)20-5-2-18(25)3-6-20/h2-12,14-15,17,35H,13,16H2,1H3/t17-,24-/m1/s1. The molecule has 0 unspecified atom stereocenters. The number of nitrogens with zero attached hydrogens (tertiary/aromatic N) is 7. The summed E-state index contributed by atoms with van der Waals surface area (Å²) in [4.78, 5) is 7.93. The van der Waals surface area contributed by atoms with Crippen LogP contribution in [-0.2, 0) is 12.1 Å². The first-order valence-electron chi connectivity index (χ1n) is 10.8. The smallest absolute Gasteiger partial charge is 0.137 e. The van der Waals surface area contributed by atoms with Crippen molar-refractivity contribution in [1.82, 2.24) is 24.5 Å². The third-order valence-corrected chi connectivity index (χ3v) is 6.42. The zero-order chi connectivity index (χ0) is 24.6. The van der Waals surface area contributed by atoms with E-state index in [1.54, 1.807) is 24.0 Å². The van der Waals surface area contributed by atoms with Crippen LogP contribution in [0.1, 0.15) is 18.5 Å². The maximum absolute atomic E-state index is 14.8. The Morgan fingerprint density at radius 1 is 1.06 bits per heavy atom. The van der Waals surface area contributed by atoms with Crippen molar-refractivity contribution in [2.24, 2.45) is 0 Å². The fraction of sp³-hybridized carbons (Fsp3) is 0.208. The van der Waals surface area contributed by atoms with Gasteiger partial charge in [-0.1, -0.05) is 17.7 Å². The van der Waals surface area contributed by atoms with E-state index in [1.165, 1.54) is 23.4 Å². The Balaban J connectivity index is 1.41. The van der Waals surface area contributed by atoms with Crippen molar-refractivity contribution < 1.29 is 13.9 Å². The molecule has 2 atom stereocenters. The minimum absolute atomic E-state index is 0.0612. The van der Waals surface area contributed by atoms with Gasteiger partial charge in [0.2, 0.25) is 0 Å². The third kappa shape index (κ3) is 4.50. The van der Waals surface area contributed by atoms with E-state index in [0.29, 0.717) is 11.7 Å². The van der Waals surface area contributed by atoms with E-state index in [0.717, 1.165) is 23.5 Å². The van der Waals surface area contributed by atoms with Crippen LogP contribution in [0.15, 0.2) is 79.9 Å². The molecule has 0 saturated heterocycles. The van der Waals surface area contributed by atoms with Crippen molar-refractivity contribution >= 4 is 23.0 Å².